The van der Waals surface area contributed by atoms with Gasteiger partial charge in [0.1, 0.15) is 11.5 Å². The van der Waals surface area contributed by atoms with Gasteiger partial charge in [-0.05, 0) is 42.3 Å². The summed E-state index contributed by atoms with van der Waals surface area (Å²) >= 11 is 0. The third-order valence-electron chi connectivity index (χ3n) is 5.01. The smallest absolute Gasteiger partial charge is 0.122 e. The largest absolute Gasteiger partial charge is 0.497 e. The van der Waals surface area contributed by atoms with Crippen LogP contribution in [0.15, 0.2) is 59.5 Å². The van der Waals surface area contributed by atoms with Gasteiger partial charge in [-0.2, -0.15) is 0 Å². The van der Waals surface area contributed by atoms with Crippen LogP contribution in [0.2, 0.25) is 0 Å². The Morgan fingerprint density at radius 3 is 2.58 bits per heavy atom. The molecule has 0 aliphatic carbocycles. The Bertz CT molecular complexity index is 832. The number of hydrogen-bond acceptors (Lipinski definition) is 4. The first kappa shape index (κ1) is 16.8. The van der Waals surface area contributed by atoms with Gasteiger partial charge in [-0.1, -0.05) is 0 Å². The fourth-order valence-corrected chi connectivity index (χ4v) is 3.80. The average molecular weight is 352 g/mol. The Balaban J connectivity index is 1.79. The second-order valence-electron chi connectivity index (χ2n) is 6.63. The highest BCUT2D eigenvalue weighted by molar-refractivity contribution is 5.42. The van der Waals surface area contributed by atoms with Crippen molar-refractivity contribution >= 4 is 0 Å². The lowest BCUT2D eigenvalue weighted by Gasteiger charge is -2.30. The lowest BCUT2D eigenvalue weighted by molar-refractivity contribution is 0.219. The molecule has 5 nitrogen and oxygen atoms in total. The molecular formula is C21H24N2O3. The monoisotopic (exact) mass is 352 g/mol. The maximum Gasteiger partial charge on any atom is 0.122 e. The van der Waals surface area contributed by atoms with Crippen LogP contribution in [-0.4, -0.2) is 30.2 Å². The fraction of sp³-hybridized carbons (Fsp3) is 0.333. The Kier molecular flexibility index (Phi) is 4.71. The lowest BCUT2D eigenvalue weighted by atomic mass is 10.0. The first-order valence-electron chi connectivity index (χ1n) is 8.91. The minimum Gasteiger partial charge on any atom is -0.497 e. The zero-order valence-electron chi connectivity index (χ0n) is 15.2. The molecule has 0 spiro atoms. The van der Waals surface area contributed by atoms with Crippen LogP contribution in [0, 0.1) is 0 Å². The number of fused-ring (bicyclic) bond motifs is 1. The van der Waals surface area contributed by atoms with Crippen molar-refractivity contribution in [2.45, 2.75) is 25.6 Å². The SMILES string of the molecule is COc1cc(OC)cc(C2c3cccn3CCCN2Cc2ccoc2)c1. The number of nitrogens with zero attached hydrogens (tertiary/aromatic N) is 2. The van der Waals surface area contributed by atoms with Crippen LogP contribution in [0.25, 0.3) is 0 Å². The van der Waals surface area contributed by atoms with Crippen molar-refractivity contribution < 1.29 is 13.9 Å². The van der Waals surface area contributed by atoms with Crippen LogP contribution in [0.3, 0.4) is 0 Å². The molecule has 0 radical (unpaired) electrons. The van der Waals surface area contributed by atoms with Crippen LogP contribution in [0.4, 0.5) is 0 Å². The normalized spacial score (nSPS) is 17.5. The first-order valence-corrected chi connectivity index (χ1v) is 8.91. The summed E-state index contributed by atoms with van der Waals surface area (Å²) in [4.78, 5) is 2.50. The van der Waals surface area contributed by atoms with Crippen molar-refractivity contribution in [3.05, 3.63) is 71.9 Å². The van der Waals surface area contributed by atoms with Crippen molar-refractivity contribution in [1.82, 2.24) is 9.47 Å². The van der Waals surface area contributed by atoms with Crippen LogP contribution in [0.1, 0.15) is 29.3 Å². The first-order chi connectivity index (χ1) is 12.8. The van der Waals surface area contributed by atoms with Gasteiger partial charge in [0.15, 0.2) is 0 Å². The van der Waals surface area contributed by atoms with E-state index in [1.54, 1.807) is 20.5 Å². The Morgan fingerprint density at radius 1 is 1.08 bits per heavy atom. The summed E-state index contributed by atoms with van der Waals surface area (Å²) < 4.78 is 18.7. The van der Waals surface area contributed by atoms with E-state index in [0.29, 0.717) is 0 Å². The van der Waals surface area contributed by atoms with E-state index in [2.05, 4.69) is 39.9 Å². The molecule has 0 amide bonds. The van der Waals surface area contributed by atoms with Crippen molar-refractivity contribution in [3.8, 4) is 11.5 Å². The number of ether oxygens (including phenoxy) is 2. The van der Waals surface area contributed by atoms with Crippen LogP contribution >= 0.6 is 0 Å². The van der Waals surface area contributed by atoms with E-state index >= 15 is 0 Å². The van der Waals surface area contributed by atoms with Gasteiger partial charge in [0.2, 0.25) is 0 Å². The summed E-state index contributed by atoms with van der Waals surface area (Å²) in [5.74, 6) is 1.62. The number of hydrogen-bond donors (Lipinski definition) is 0. The molecule has 1 atom stereocenters. The number of furan rings is 1. The molecule has 1 aliphatic heterocycles. The maximum atomic E-state index is 5.51. The summed E-state index contributed by atoms with van der Waals surface area (Å²) in [7, 11) is 3.38. The van der Waals surface area contributed by atoms with E-state index in [9.17, 15) is 0 Å². The molecule has 2 aromatic heterocycles. The van der Waals surface area contributed by atoms with Gasteiger partial charge in [0.05, 0.1) is 32.8 Å². The molecule has 3 aromatic rings. The number of aryl methyl sites for hydroxylation is 1. The molecular weight excluding hydrogens is 328 g/mol. The minimum atomic E-state index is 0.131. The molecule has 1 unspecified atom stereocenters. The Labute approximate surface area is 153 Å². The Morgan fingerprint density at radius 2 is 1.88 bits per heavy atom. The van der Waals surface area contributed by atoms with Crippen molar-refractivity contribution in [2.24, 2.45) is 0 Å². The molecule has 1 aromatic carbocycles. The van der Waals surface area contributed by atoms with Gasteiger partial charge in [0, 0.05) is 43.2 Å². The molecule has 4 rings (SSSR count). The fourth-order valence-electron chi connectivity index (χ4n) is 3.80. The predicted molar refractivity (Wildman–Crippen MR) is 99.6 cm³/mol. The van der Waals surface area contributed by atoms with E-state index in [4.69, 9.17) is 13.9 Å². The van der Waals surface area contributed by atoms with Crippen molar-refractivity contribution in [3.63, 3.8) is 0 Å². The highest BCUT2D eigenvalue weighted by Gasteiger charge is 2.28. The van der Waals surface area contributed by atoms with Gasteiger partial charge >= 0.3 is 0 Å². The second kappa shape index (κ2) is 7.30. The van der Waals surface area contributed by atoms with Crippen LogP contribution in [0.5, 0.6) is 11.5 Å². The van der Waals surface area contributed by atoms with Gasteiger partial charge in [0.25, 0.3) is 0 Å². The summed E-state index contributed by atoms with van der Waals surface area (Å²) in [5.41, 5.74) is 3.65. The van der Waals surface area contributed by atoms with Gasteiger partial charge < -0.3 is 18.5 Å². The molecule has 0 bridgehead atoms. The van der Waals surface area contributed by atoms with E-state index < -0.39 is 0 Å². The molecule has 0 saturated carbocycles. The summed E-state index contributed by atoms with van der Waals surface area (Å²) in [5, 5.41) is 0. The number of aromatic nitrogens is 1. The van der Waals surface area contributed by atoms with Gasteiger partial charge in [-0.25, -0.2) is 0 Å². The zero-order valence-corrected chi connectivity index (χ0v) is 15.2. The summed E-state index contributed by atoms with van der Waals surface area (Å²) in [6.07, 6.45) is 6.84. The van der Waals surface area contributed by atoms with E-state index in [0.717, 1.165) is 37.6 Å². The van der Waals surface area contributed by atoms with Gasteiger partial charge in [-0.3, -0.25) is 4.90 Å². The minimum absolute atomic E-state index is 0.131. The molecule has 0 N–H and O–H groups in total. The molecule has 3 heterocycles. The quantitative estimate of drug-likeness (QED) is 0.693. The summed E-state index contributed by atoms with van der Waals surface area (Å²) in [6.45, 7) is 2.88. The number of methoxy groups -OCH3 is 2. The molecule has 0 saturated heterocycles. The number of rotatable bonds is 5. The maximum absolute atomic E-state index is 5.51. The standard InChI is InChI=1S/C21H24N2O3/c1-24-18-11-17(12-19(13-18)25-2)21-20-5-3-7-22(20)8-4-9-23(21)14-16-6-10-26-15-16/h3,5-7,10-13,15,21H,4,8-9,14H2,1-2H3. The molecule has 0 fully saturated rings. The topological polar surface area (TPSA) is 39.8 Å². The third kappa shape index (κ3) is 3.22. The average Bonchev–Trinajstić information content (AvgIpc) is 3.31. The third-order valence-corrected chi connectivity index (χ3v) is 5.01. The van der Waals surface area contributed by atoms with Crippen molar-refractivity contribution in [2.75, 3.05) is 20.8 Å². The summed E-state index contributed by atoms with van der Waals surface area (Å²) in [6, 6.07) is 12.6. The van der Waals surface area contributed by atoms with Crippen LogP contribution < -0.4 is 9.47 Å². The lowest BCUT2D eigenvalue weighted by Crippen LogP contribution is -2.29. The molecule has 1 aliphatic rings. The van der Waals surface area contributed by atoms with E-state index in [1.807, 2.05) is 18.4 Å². The molecule has 136 valence electrons. The number of benzene rings is 1. The molecule has 5 heteroatoms. The highest BCUT2D eigenvalue weighted by Crippen LogP contribution is 2.36. The highest BCUT2D eigenvalue weighted by atomic mass is 16.5. The zero-order chi connectivity index (χ0) is 17.9. The second-order valence-corrected chi connectivity index (χ2v) is 6.63. The Hall–Kier alpha value is -2.66. The van der Waals surface area contributed by atoms with E-state index in [-0.39, 0.29) is 6.04 Å². The predicted octanol–water partition coefficient (Wildman–Crippen LogP) is 4.09. The van der Waals surface area contributed by atoms with Crippen LogP contribution in [-0.2, 0) is 13.1 Å². The van der Waals surface area contributed by atoms with Gasteiger partial charge in [-0.15, -0.1) is 0 Å². The molecule has 26 heavy (non-hydrogen) atoms. The van der Waals surface area contributed by atoms with E-state index in [1.165, 1.54) is 16.8 Å². The van der Waals surface area contributed by atoms with Crippen molar-refractivity contribution in [1.29, 1.82) is 0 Å².